The van der Waals surface area contributed by atoms with Crippen LogP contribution in [0, 0.1) is 0 Å². The Kier molecular flexibility index (Phi) is 51.0. The van der Waals surface area contributed by atoms with E-state index in [-0.39, 0.29) is 18.9 Å². The molecule has 1 amide bonds. The van der Waals surface area contributed by atoms with Gasteiger partial charge in [0, 0.05) is 6.42 Å². The van der Waals surface area contributed by atoms with E-state index < -0.39 is 86.8 Å². The minimum atomic E-state index is -1.79. The second-order valence-corrected chi connectivity index (χ2v) is 25.0. The second kappa shape index (κ2) is 54.6. The maximum Gasteiger partial charge on any atom is 0.220 e. The number of aliphatic hydroxyl groups excluding tert-OH is 8. The first kappa shape index (κ1) is 77.6. The molecule has 9 N–H and O–H groups in total. The van der Waals surface area contributed by atoms with Gasteiger partial charge in [0.2, 0.25) is 5.91 Å². The van der Waals surface area contributed by atoms with Crippen molar-refractivity contribution in [1.82, 2.24) is 5.32 Å². The lowest BCUT2D eigenvalue weighted by Gasteiger charge is -2.46. The first-order valence-electron chi connectivity index (χ1n) is 35.1. The molecule has 0 saturated carbocycles. The fourth-order valence-electron chi connectivity index (χ4n) is 11.8. The van der Waals surface area contributed by atoms with Crippen LogP contribution in [0.15, 0.2) is 24.3 Å². The average Bonchev–Trinajstić information content (AvgIpc) is 3.59. The van der Waals surface area contributed by atoms with Crippen LogP contribution in [0.3, 0.4) is 0 Å². The molecule has 2 aliphatic rings. The summed E-state index contributed by atoms with van der Waals surface area (Å²) in [5, 5.41) is 87.4. The van der Waals surface area contributed by atoms with Gasteiger partial charge >= 0.3 is 0 Å². The normalized spacial score (nSPS) is 23.9. The van der Waals surface area contributed by atoms with E-state index in [0.29, 0.717) is 12.8 Å². The van der Waals surface area contributed by atoms with Gasteiger partial charge in [0.25, 0.3) is 0 Å². The van der Waals surface area contributed by atoms with Crippen LogP contribution in [-0.4, -0.2) is 140 Å². The fraction of sp³-hybridized carbons (Fsp3) is 0.928. The molecule has 12 unspecified atom stereocenters. The van der Waals surface area contributed by atoms with E-state index in [1.54, 1.807) is 6.08 Å². The lowest BCUT2D eigenvalue weighted by Crippen LogP contribution is -2.65. The summed E-state index contributed by atoms with van der Waals surface area (Å²) in [6.07, 6.45) is 51.0. The van der Waals surface area contributed by atoms with Gasteiger partial charge in [-0.05, 0) is 32.1 Å². The predicted molar refractivity (Wildman–Crippen MR) is 337 cm³/mol. The van der Waals surface area contributed by atoms with Crippen LogP contribution in [0.4, 0.5) is 0 Å². The van der Waals surface area contributed by atoms with Crippen molar-refractivity contribution in [3.05, 3.63) is 24.3 Å². The highest BCUT2D eigenvalue weighted by Gasteiger charge is 2.51. The molecule has 12 atom stereocenters. The third kappa shape index (κ3) is 39.2. The maximum atomic E-state index is 13.3. The molecule has 14 heteroatoms. The van der Waals surface area contributed by atoms with E-state index in [4.69, 9.17) is 18.9 Å². The maximum absolute atomic E-state index is 13.3. The van der Waals surface area contributed by atoms with Crippen LogP contribution in [0.1, 0.15) is 316 Å². The molecule has 2 rings (SSSR count). The van der Waals surface area contributed by atoms with Gasteiger partial charge < -0.3 is 65.1 Å². The van der Waals surface area contributed by atoms with E-state index in [1.165, 1.54) is 250 Å². The molecule has 2 fully saturated rings. The third-order valence-electron chi connectivity index (χ3n) is 17.4. The van der Waals surface area contributed by atoms with Crippen molar-refractivity contribution in [2.45, 2.75) is 389 Å². The van der Waals surface area contributed by atoms with E-state index in [9.17, 15) is 45.6 Å². The SMILES string of the molecule is CCCCCCCCCCCCCCCCCCCCCCCCC/C=C/CC/C=C/C(O)C(COC1OC(CO)C(OC2OC(CO)C(O)C(O)C2O)C(O)C1O)NC(=O)CCCCCCCCCCCCCCCCCCCCCC. The smallest absolute Gasteiger partial charge is 0.220 e. The molecule has 2 heterocycles. The quantitative estimate of drug-likeness (QED) is 0.0204. The van der Waals surface area contributed by atoms with E-state index in [2.05, 4.69) is 31.3 Å². The van der Waals surface area contributed by atoms with E-state index >= 15 is 0 Å². The highest BCUT2D eigenvalue weighted by atomic mass is 16.7. The van der Waals surface area contributed by atoms with Crippen LogP contribution in [-0.2, 0) is 23.7 Å². The van der Waals surface area contributed by atoms with Crippen molar-refractivity contribution < 1.29 is 64.6 Å². The van der Waals surface area contributed by atoms with Crippen LogP contribution in [0.25, 0.3) is 0 Å². The summed E-state index contributed by atoms with van der Waals surface area (Å²) in [7, 11) is 0. The molecule has 0 spiro atoms. The molecular formula is C69H131NO13. The number of nitrogens with one attached hydrogen (secondary N) is 1. The fourth-order valence-corrected chi connectivity index (χ4v) is 11.8. The minimum absolute atomic E-state index is 0.242. The second-order valence-electron chi connectivity index (χ2n) is 25.0. The number of hydrogen-bond donors (Lipinski definition) is 9. The number of unbranched alkanes of at least 4 members (excludes halogenated alkanes) is 43. The average molecular weight is 1180 g/mol. The molecule has 2 saturated heterocycles. The Bertz CT molecular complexity index is 1490. The number of ether oxygens (including phenoxy) is 4. The van der Waals surface area contributed by atoms with Crippen molar-refractivity contribution in [1.29, 1.82) is 0 Å². The highest BCUT2D eigenvalue weighted by Crippen LogP contribution is 2.30. The standard InChI is InChI=1S/C69H131NO13/c1-3-5-7-9-11-13-15-17-19-21-23-25-26-27-28-29-30-31-32-33-34-36-38-40-42-44-46-48-50-52-58(73)57(70-61(74)53-51-49-47-45-43-41-39-37-35-24-22-20-18-16-14-12-10-8-6-4-2)56-80-68-66(79)64(77)67(60(55-72)82-68)83-69-65(78)63(76)62(75)59(54-71)81-69/h42,44,50,52,57-60,62-69,71-73,75-79H,3-41,43,45-49,51,53-56H2,1-2H3,(H,70,74)/b44-42+,52-50+. The van der Waals surface area contributed by atoms with Gasteiger partial charge in [-0.15, -0.1) is 0 Å². The molecule has 0 bridgehead atoms. The summed E-state index contributed by atoms with van der Waals surface area (Å²) < 4.78 is 22.8. The summed E-state index contributed by atoms with van der Waals surface area (Å²) in [4.78, 5) is 13.3. The number of rotatable bonds is 58. The van der Waals surface area contributed by atoms with Crippen molar-refractivity contribution in [3.8, 4) is 0 Å². The largest absolute Gasteiger partial charge is 0.394 e. The number of amides is 1. The number of carbonyl (C=O) groups is 1. The summed E-state index contributed by atoms with van der Waals surface area (Å²) >= 11 is 0. The minimum Gasteiger partial charge on any atom is -0.394 e. The van der Waals surface area contributed by atoms with Crippen molar-refractivity contribution >= 4 is 5.91 Å². The Morgan fingerprint density at radius 1 is 0.422 bits per heavy atom. The van der Waals surface area contributed by atoms with E-state index in [1.807, 2.05) is 6.08 Å². The van der Waals surface area contributed by atoms with Crippen LogP contribution < -0.4 is 5.32 Å². The summed E-state index contributed by atoms with van der Waals surface area (Å²) in [6.45, 7) is 2.84. The van der Waals surface area contributed by atoms with Gasteiger partial charge in [-0.1, -0.05) is 301 Å². The third-order valence-corrected chi connectivity index (χ3v) is 17.4. The monoisotopic (exact) mass is 1180 g/mol. The Morgan fingerprint density at radius 3 is 1.18 bits per heavy atom. The molecule has 2 aliphatic heterocycles. The van der Waals surface area contributed by atoms with Crippen molar-refractivity contribution in [3.63, 3.8) is 0 Å². The van der Waals surface area contributed by atoms with Gasteiger partial charge in [0.1, 0.15) is 48.8 Å². The van der Waals surface area contributed by atoms with Crippen LogP contribution in [0.2, 0.25) is 0 Å². The first-order chi connectivity index (χ1) is 40.6. The first-order valence-corrected chi connectivity index (χ1v) is 35.1. The lowest BCUT2D eigenvalue weighted by molar-refractivity contribution is -0.359. The molecule has 0 aromatic heterocycles. The van der Waals surface area contributed by atoms with Gasteiger partial charge in [-0.3, -0.25) is 4.79 Å². The molecule has 490 valence electrons. The van der Waals surface area contributed by atoms with Crippen molar-refractivity contribution in [2.24, 2.45) is 0 Å². The Hall–Kier alpha value is -1.53. The Morgan fingerprint density at radius 2 is 0.771 bits per heavy atom. The molecule has 14 nitrogen and oxygen atoms in total. The van der Waals surface area contributed by atoms with Gasteiger partial charge in [0.15, 0.2) is 12.6 Å². The Balaban J connectivity index is 1.69. The number of aliphatic hydroxyl groups is 8. The van der Waals surface area contributed by atoms with Gasteiger partial charge in [-0.2, -0.15) is 0 Å². The number of hydrogen-bond acceptors (Lipinski definition) is 13. The lowest BCUT2D eigenvalue weighted by atomic mass is 9.97. The van der Waals surface area contributed by atoms with Crippen LogP contribution in [0.5, 0.6) is 0 Å². The van der Waals surface area contributed by atoms with Crippen molar-refractivity contribution in [2.75, 3.05) is 19.8 Å². The zero-order valence-electron chi connectivity index (χ0n) is 53.2. The summed E-state index contributed by atoms with van der Waals surface area (Å²) in [5.41, 5.74) is 0. The predicted octanol–water partition coefficient (Wildman–Crippen LogP) is 14.0. The Labute approximate surface area is 507 Å². The topological polar surface area (TPSA) is 228 Å². The van der Waals surface area contributed by atoms with E-state index in [0.717, 1.165) is 32.1 Å². The molecule has 0 aliphatic carbocycles. The molecule has 0 aromatic carbocycles. The van der Waals surface area contributed by atoms with Gasteiger partial charge in [0.05, 0.1) is 32.0 Å². The van der Waals surface area contributed by atoms with Crippen LogP contribution >= 0.6 is 0 Å². The summed E-state index contributed by atoms with van der Waals surface area (Å²) in [5.74, 6) is -0.242. The zero-order chi connectivity index (χ0) is 60.2. The zero-order valence-corrected chi connectivity index (χ0v) is 53.2. The number of allylic oxidation sites excluding steroid dienone is 3. The molecule has 0 aromatic rings. The summed E-state index contributed by atoms with van der Waals surface area (Å²) in [6, 6.07) is -0.929. The molecule has 0 radical (unpaired) electrons. The molecule has 83 heavy (non-hydrogen) atoms. The molecular weight excluding hydrogens is 1050 g/mol. The van der Waals surface area contributed by atoms with Gasteiger partial charge in [-0.25, -0.2) is 0 Å². The highest BCUT2D eigenvalue weighted by molar-refractivity contribution is 5.76. The number of carbonyl (C=O) groups excluding carboxylic acids is 1.